The number of fused-ring (bicyclic) bond motifs is 1. The minimum atomic E-state index is -0.939. The van der Waals surface area contributed by atoms with Gasteiger partial charge in [0.1, 0.15) is 5.69 Å². The van der Waals surface area contributed by atoms with Crippen molar-refractivity contribution < 1.29 is 18.7 Å². The Bertz CT molecular complexity index is 948. The second kappa shape index (κ2) is 7.33. The Hall–Kier alpha value is -2.60. The molecule has 0 aliphatic rings. The number of para-hydroxylation sites is 1. The van der Waals surface area contributed by atoms with Crippen LogP contribution in [-0.4, -0.2) is 29.2 Å². The normalized spacial score (nSPS) is 11.1. The molecule has 0 radical (unpaired) electrons. The number of carboxylic acids is 1. The molecule has 0 spiro atoms. The maximum Gasteiger partial charge on any atom is 0.303 e. The van der Waals surface area contributed by atoms with Crippen LogP contribution < -0.4 is 4.90 Å². The van der Waals surface area contributed by atoms with Crippen LogP contribution in [0.2, 0.25) is 5.02 Å². The lowest BCUT2D eigenvalue weighted by molar-refractivity contribution is -0.137. The van der Waals surface area contributed by atoms with Crippen LogP contribution in [0.3, 0.4) is 0 Å². The largest absolute Gasteiger partial charge is 0.481 e. The van der Waals surface area contributed by atoms with E-state index in [2.05, 4.69) is 0 Å². The zero-order valence-electron chi connectivity index (χ0n) is 14.0. The number of benzene rings is 2. The fourth-order valence-electron chi connectivity index (χ4n) is 3.00. The zero-order chi connectivity index (χ0) is 18.8. The summed E-state index contributed by atoms with van der Waals surface area (Å²) < 4.78 is 30.8. The number of hydrogen-bond acceptors (Lipinski definition) is 2. The van der Waals surface area contributed by atoms with Crippen molar-refractivity contribution in [2.45, 2.75) is 12.8 Å². The minimum Gasteiger partial charge on any atom is -0.481 e. The first kappa shape index (κ1) is 18.2. The van der Waals surface area contributed by atoms with Gasteiger partial charge in [0, 0.05) is 43.7 Å². The highest BCUT2D eigenvalue weighted by Gasteiger charge is 2.17. The molecule has 0 aliphatic carbocycles. The highest BCUT2D eigenvalue weighted by atomic mass is 35.5. The molecule has 0 amide bonds. The Morgan fingerprint density at radius 3 is 2.58 bits per heavy atom. The van der Waals surface area contributed by atoms with Crippen molar-refractivity contribution in [1.29, 1.82) is 0 Å². The Kier molecular flexibility index (Phi) is 5.13. The van der Waals surface area contributed by atoms with Crippen molar-refractivity contribution in [3.8, 4) is 5.69 Å². The number of carbonyl (C=O) groups is 1. The van der Waals surface area contributed by atoms with E-state index in [0.29, 0.717) is 22.6 Å². The average molecular weight is 379 g/mol. The van der Waals surface area contributed by atoms with E-state index in [0.717, 1.165) is 5.39 Å². The summed E-state index contributed by atoms with van der Waals surface area (Å²) in [6.07, 6.45) is 1.95. The lowest BCUT2D eigenvalue weighted by Crippen LogP contribution is -2.22. The van der Waals surface area contributed by atoms with Crippen molar-refractivity contribution in [3.05, 3.63) is 59.3 Å². The van der Waals surface area contributed by atoms with E-state index >= 15 is 0 Å². The van der Waals surface area contributed by atoms with Gasteiger partial charge in [0.2, 0.25) is 0 Å². The number of rotatable bonds is 6. The molecule has 7 heteroatoms. The van der Waals surface area contributed by atoms with Crippen LogP contribution in [-0.2, 0) is 4.79 Å². The molecule has 0 fully saturated rings. The SMILES string of the molecule is CN(CCCC(=O)O)c1c(F)cc(-n2ccc3cccc(Cl)c32)cc1F. The monoisotopic (exact) mass is 378 g/mol. The van der Waals surface area contributed by atoms with Crippen LogP contribution in [0.5, 0.6) is 0 Å². The van der Waals surface area contributed by atoms with E-state index in [9.17, 15) is 13.6 Å². The average Bonchev–Trinajstić information content (AvgIpc) is 2.99. The molecule has 4 nitrogen and oxygen atoms in total. The van der Waals surface area contributed by atoms with Gasteiger partial charge >= 0.3 is 5.97 Å². The molecule has 0 unspecified atom stereocenters. The van der Waals surface area contributed by atoms with Crippen LogP contribution in [0.1, 0.15) is 12.8 Å². The van der Waals surface area contributed by atoms with Gasteiger partial charge in [-0.05, 0) is 18.6 Å². The van der Waals surface area contributed by atoms with E-state index < -0.39 is 17.6 Å². The molecule has 136 valence electrons. The molecule has 1 aromatic heterocycles. The zero-order valence-corrected chi connectivity index (χ0v) is 14.8. The lowest BCUT2D eigenvalue weighted by atomic mass is 10.2. The van der Waals surface area contributed by atoms with Crippen molar-refractivity contribution in [1.82, 2.24) is 4.57 Å². The van der Waals surface area contributed by atoms with Gasteiger partial charge in [0.05, 0.1) is 16.2 Å². The summed E-state index contributed by atoms with van der Waals surface area (Å²) in [6, 6.07) is 9.71. The lowest BCUT2D eigenvalue weighted by Gasteiger charge is -2.21. The molecule has 0 bridgehead atoms. The molecule has 3 rings (SSSR count). The fourth-order valence-corrected chi connectivity index (χ4v) is 3.27. The summed E-state index contributed by atoms with van der Waals surface area (Å²) in [5.74, 6) is -2.37. The summed E-state index contributed by atoms with van der Waals surface area (Å²) in [5.41, 5.74) is 0.822. The van der Waals surface area contributed by atoms with Gasteiger partial charge < -0.3 is 14.6 Å². The topological polar surface area (TPSA) is 45.5 Å². The van der Waals surface area contributed by atoms with Gasteiger partial charge in [-0.25, -0.2) is 8.78 Å². The van der Waals surface area contributed by atoms with Crippen molar-refractivity contribution in [2.75, 3.05) is 18.5 Å². The maximum atomic E-state index is 14.6. The van der Waals surface area contributed by atoms with Gasteiger partial charge in [-0.3, -0.25) is 4.79 Å². The Balaban J connectivity index is 1.95. The summed E-state index contributed by atoms with van der Waals surface area (Å²) in [5, 5.41) is 10.0. The molecule has 0 aliphatic heterocycles. The van der Waals surface area contributed by atoms with Crippen LogP contribution in [0.4, 0.5) is 14.5 Å². The van der Waals surface area contributed by atoms with Gasteiger partial charge in [-0.1, -0.05) is 23.7 Å². The summed E-state index contributed by atoms with van der Waals surface area (Å²) in [6.45, 7) is 0.234. The summed E-state index contributed by atoms with van der Waals surface area (Å²) in [7, 11) is 1.53. The minimum absolute atomic E-state index is 0.0560. The smallest absolute Gasteiger partial charge is 0.303 e. The molecule has 1 N–H and O–H groups in total. The van der Waals surface area contributed by atoms with E-state index in [-0.39, 0.29) is 18.7 Å². The van der Waals surface area contributed by atoms with Gasteiger partial charge in [0.15, 0.2) is 11.6 Å². The molecule has 0 saturated carbocycles. The third kappa shape index (κ3) is 3.51. The van der Waals surface area contributed by atoms with Crippen molar-refractivity contribution in [2.24, 2.45) is 0 Å². The highest BCUT2D eigenvalue weighted by molar-refractivity contribution is 6.35. The Labute approximate surface area is 154 Å². The standard InChI is InChI=1S/C19H17ClF2N2O2/c1-23(8-3-6-17(25)26)19-15(21)10-13(11-16(19)22)24-9-7-12-4-2-5-14(20)18(12)24/h2,4-5,7,9-11H,3,6,8H2,1H3,(H,25,26). The number of halogens is 3. The van der Waals surface area contributed by atoms with Crippen molar-refractivity contribution >= 4 is 34.2 Å². The molecule has 26 heavy (non-hydrogen) atoms. The van der Waals surface area contributed by atoms with E-state index in [1.165, 1.54) is 24.1 Å². The molecule has 2 aromatic carbocycles. The van der Waals surface area contributed by atoms with E-state index in [1.807, 2.05) is 18.2 Å². The maximum absolute atomic E-state index is 14.6. The molecule has 3 aromatic rings. The third-order valence-electron chi connectivity index (χ3n) is 4.21. The first-order valence-electron chi connectivity index (χ1n) is 8.06. The predicted molar refractivity (Wildman–Crippen MR) is 98.3 cm³/mol. The summed E-state index contributed by atoms with van der Waals surface area (Å²) >= 11 is 6.23. The fraction of sp³-hybridized carbons (Fsp3) is 0.211. The van der Waals surface area contributed by atoms with Crippen LogP contribution >= 0.6 is 11.6 Å². The van der Waals surface area contributed by atoms with Gasteiger partial charge in [-0.2, -0.15) is 0 Å². The molecule has 0 atom stereocenters. The van der Waals surface area contributed by atoms with Crippen LogP contribution in [0.25, 0.3) is 16.6 Å². The first-order chi connectivity index (χ1) is 12.4. The number of aliphatic carboxylic acids is 1. The van der Waals surface area contributed by atoms with E-state index in [4.69, 9.17) is 16.7 Å². The van der Waals surface area contributed by atoms with Crippen molar-refractivity contribution in [3.63, 3.8) is 0 Å². The Morgan fingerprint density at radius 1 is 1.23 bits per heavy atom. The third-order valence-corrected chi connectivity index (χ3v) is 4.51. The van der Waals surface area contributed by atoms with Gasteiger partial charge in [0.25, 0.3) is 0 Å². The molecule has 1 heterocycles. The number of anilines is 1. The molecular formula is C19H17ClF2N2O2. The first-order valence-corrected chi connectivity index (χ1v) is 8.44. The number of nitrogens with zero attached hydrogens (tertiary/aromatic N) is 2. The molecular weight excluding hydrogens is 362 g/mol. The summed E-state index contributed by atoms with van der Waals surface area (Å²) in [4.78, 5) is 12.0. The highest BCUT2D eigenvalue weighted by Crippen LogP contribution is 2.31. The number of aromatic nitrogens is 1. The molecule has 0 saturated heterocycles. The van der Waals surface area contributed by atoms with E-state index in [1.54, 1.807) is 16.8 Å². The van der Waals surface area contributed by atoms with Crippen LogP contribution in [0.15, 0.2) is 42.6 Å². The quantitative estimate of drug-likeness (QED) is 0.666. The second-order valence-electron chi connectivity index (χ2n) is 6.04. The second-order valence-corrected chi connectivity index (χ2v) is 6.45. The van der Waals surface area contributed by atoms with Gasteiger partial charge in [-0.15, -0.1) is 0 Å². The predicted octanol–water partition coefficient (Wildman–Crippen LogP) is 4.86. The van der Waals surface area contributed by atoms with Crippen LogP contribution in [0, 0.1) is 11.6 Å². The number of hydrogen-bond donors (Lipinski definition) is 1. The Morgan fingerprint density at radius 2 is 1.92 bits per heavy atom. The number of carboxylic acid groups (broad SMARTS) is 1.